The van der Waals surface area contributed by atoms with E-state index < -0.39 is 127 Å². The monoisotopic (exact) mass is 1090 g/mol. The number of likely N-dealkylation sites (N-methyl/N-ethyl adjacent to an activating group) is 1. The number of nitrogens with zero attached hydrogens (tertiary/aromatic N) is 5. The molecule has 0 spiro atoms. The van der Waals surface area contributed by atoms with Gasteiger partial charge in [0.05, 0.1) is 44.7 Å². The fraction of sp³-hybridized carbons (Fsp3) is 0.558. The van der Waals surface area contributed by atoms with Crippen LogP contribution < -0.4 is 31.5 Å². The van der Waals surface area contributed by atoms with Crippen LogP contribution in [0.1, 0.15) is 68.2 Å². The summed E-state index contributed by atoms with van der Waals surface area (Å²) < 4.78 is 4.76. The average molecular weight is 1090 g/mol. The number of anilines is 1. The second kappa shape index (κ2) is 27.7. The Bertz CT molecular complexity index is 2550. The van der Waals surface area contributed by atoms with Gasteiger partial charge >= 0.3 is 23.9 Å². The third-order valence-corrected chi connectivity index (χ3v) is 14.5. The number of aliphatic hydroxyl groups is 1. The maximum atomic E-state index is 14.4. The summed E-state index contributed by atoms with van der Waals surface area (Å²) in [5, 5.41) is 51.0. The second-order valence-electron chi connectivity index (χ2n) is 20.1. The molecule has 6 rings (SSSR count). The first kappa shape index (κ1) is 59.7. The van der Waals surface area contributed by atoms with Crippen molar-refractivity contribution < 1.29 is 77.9 Å². The number of benzene rings is 2. The molecule has 2 fully saturated rings. The van der Waals surface area contributed by atoms with E-state index in [-0.39, 0.29) is 45.2 Å². The molecule has 4 aliphatic rings. The lowest BCUT2D eigenvalue weighted by molar-refractivity contribution is -0.155. The number of carboxylic acid groups (broad SMARTS) is 3. The number of aryl methyl sites for hydroxylation is 1. The molecule has 26 heteroatoms. The third-order valence-electron chi connectivity index (χ3n) is 14.5. The number of carbonyl (C=O) groups is 11. The molecule has 2 aromatic rings. The number of ether oxygens (including phenoxy) is 1. The van der Waals surface area contributed by atoms with Crippen LogP contribution in [0, 0.1) is 5.92 Å². The molecule has 0 saturated carbocycles. The molecule has 7 atom stereocenters. The van der Waals surface area contributed by atoms with Crippen LogP contribution in [0.15, 0.2) is 42.5 Å². The van der Waals surface area contributed by atoms with Crippen molar-refractivity contribution in [3.63, 3.8) is 0 Å². The summed E-state index contributed by atoms with van der Waals surface area (Å²) in [5.74, 6) is -9.13. The van der Waals surface area contributed by atoms with Gasteiger partial charge in [-0.05, 0) is 47.4 Å². The van der Waals surface area contributed by atoms with Crippen molar-refractivity contribution in [3.8, 4) is 0 Å². The van der Waals surface area contributed by atoms with Gasteiger partial charge in [0.25, 0.3) is 0 Å². The predicted molar refractivity (Wildman–Crippen MR) is 275 cm³/mol. The Morgan fingerprint density at radius 2 is 1.36 bits per heavy atom. The van der Waals surface area contributed by atoms with Gasteiger partial charge in [-0.2, -0.15) is 0 Å². The van der Waals surface area contributed by atoms with Crippen molar-refractivity contribution in [3.05, 3.63) is 64.7 Å². The molecule has 26 nitrogen and oxygen atoms in total. The van der Waals surface area contributed by atoms with Crippen molar-refractivity contribution >= 4 is 70.9 Å². The Labute approximate surface area is 450 Å². The average Bonchev–Trinajstić information content (AvgIpc) is 4.04. The van der Waals surface area contributed by atoms with Crippen LogP contribution in [-0.4, -0.2) is 214 Å². The number of carbonyl (C=O) groups excluding carboxylic acids is 8. The van der Waals surface area contributed by atoms with Crippen LogP contribution in [0.25, 0.3) is 0 Å². The van der Waals surface area contributed by atoms with Gasteiger partial charge < -0.3 is 56.6 Å². The molecule has 0 radical (unpaired) electrons. The molecular formula is C52H70N10O16. The fourth-order valence-electron chi connectivity index (χ4n) is 10.1. The SMILES string of the molecule is CC[C@H](C)[C@@H](C(=O)N[C@H]1CCc2cccc3c2N(C1=O)[C@H](C(=O)NC1CC(=O)OC1O)C3)N(C)C(=O)CNC(=O)CNC(=O)[C@H](CCC(=O)O)NC(=O)Cc1ccc(CN2CCN(CC(=O)O)CCN(CC(=O)O)CC2)cc1. The Hall–Kier alpha value is -7.55. The molecule has 78 heavy (non-hydrogen) atoms. The highest BCUT2D eigenvalue weighted by molar-refractivity contribution is 6.08. The molecular weight excluding hydrogens is 1020 g/mol. The van der Waals surface area contributed by atoms with E-state index in [1.54, 1.807) is 34.9 Å². The van der Waals surface area contributed by atoms with E-state index >= 15 is 0 Å². The summed E-state index contributed by atoms with van der Waals surface area (Å²) in [4.78, 5) is 150. The Morgan fingerprint density at radius 1 is 0.744 bits per heavy atom. The molecule has 424 valence electrons. The maximum Gasteiger partial charge on any atom is 0.317 e. The quantitative estimate of drug-likeness (QED) is 0.0487. The first-order chi connectivity index (χ1) is 37.1. The Kier molecular flexibility index (Phi) is 21.2. The van der Waals surface area contributed by atoms with Gasteiger partial charge in [0.1, 0.15) is 30.2 Å². The predicted octanol–water partition coefficient (Wildman–Crippen LogP) is -2.59. The minimum atomic E-state index is -1.55. The van der Waals surface area contributed by atoms with Crippen LogP contribution >= 0.6 is 0 Å². The minimum absolute atomic E-state index is 0.143. The van der Waals surface area contributed by atoms with E-state index in [0.717, 1.165) is 21.6 Å². The number of aliphatic carboxylic acids is 3. The van der Waals surface area contributed by atoms with Crippen LogP contribution in [0.2, 0.25) is 0 Å². The maximum absolute atomic E-state index is 14.4. The summed E-state index contributed by atoms with van der Waals surface area (Å²) in [6.45, 7) is 5.19. The van der Waals surface area contributed by atoms with Crippen LogP contribution in [0.5, 0.6) is 0 Å². The van der Waals surface area contributed by atoms with Gasteiger partial charge in [0.2, 0.25) is 47.6 Å². The topological polar surface area (TPSA) is 354 Å². The fourth-order valence-corrected chi connectivity index (χ4v) is 10.1. The number of para-hydroxylation sites is 1. The number of rotatable bonds is 24. The van der Waals surface area contributed by atoms with Crippen molar-refractivity contribution in [2.75, 3.05) is 77.4 Å². The van der Waals surface area contributed by atoms with Gasteiger partial charge in [-0.15, -0.1) is 0 Å². The zero-order valence-corrected chi connectivity index (χ0v) is 43.9. The van der Waals surface area contributed by atoms with Crippen LogP contribution in [0.4, 0.5) is 5.69 Å². The van der Waals surface area contributed by atoms with E-state index in [1.165, 1.54) is 11.9 Å². The largest absolute Gasteiger partial charge is 0.481 e. The number of amides is 7. The van der Waals surface area contributed by atoms with E-state index in [2.05, 4.69) is 31.5 Å². The molecule has 4 heterocycles. The number of nitrogens with one attached hydrogen (secondary N) is 5. The van der Waals surface area contributed by atoms with E-state index in [9.17, 15) is 73.2 Å². The zero-order chi connectivity index (χ0) is 56.8. The first-order valence-corrected chi connectivity index (χ1v) is 26.0. The van der Waals surface area contributed by atoms with E-state index in [1.807, 2.05) is 31.2 Å². The standard InChI is InChI=1S/C52H70N10O16/c1-4-30(2)46(50(75)56-36-13-12-33-6-5-7-34-23-38(62(47(33)34)51(36)76)49(74)57-37-24-45(72)78-52(37)77)58(3)41(65)26-53-40(64)25-54-48(73)35(14-15-42(66)67)55-39(63)22-31-8-10-32(11-9-31)27-59-16-18-60(28-43(68)69)20-21-61(19-17-59)29-44(70)71/h5-11,30,35-38,46,52,77H,4,12-29H2,1-3H3,(H,53,64)(H,54,73)(H,55,63)(H,56,75)(H,57,74)(H,66,67)(H,68,69)(H,70,71)/t30-,35-,36-,37?,38-,46-,52?/m0/s1. The summed E-state index contributed by atoms with van der Waals surface area (Å²) >= 11 is 0. The Balaban J connectivity index is 0.995. The van der Waals surface area contributed by atoms with Crippen molar-refractivity contribution in [1.82, 2.24) is 46.2 Å². The van der Waals surface area contributed by atoms with Crippen molar-refractivity contribution in [2.24, 2.45) is 5.92 Å². The molecule has 0 bridgehead atoms. The van der Waals surface area contributed by atoms with Gasteiger partial charge in [-0.25, -0.2) is 0 Å². The number of hydrogen-bond acceptors (Lipinski definition) is 16. The summed E-state index contributed by atoms with van der Waals surface area (Å²) in [7, 11) is 1.37. The highest BCUT2D eigenvalue weighted by Crippen LogP contribution is 2.39. The summed E-state index contributed by atoms with van der Waals surface area (Å²) in [6, 6.07) is 6.83. The number of hydrogen-bond donors (Lipinski definition) is 9. The number of aliphatic hydroxyl groups excluding tert-OH is 1. The molecule has 7 amide bonds. The van der Waals surface area contributed by atoms with Crippen molar-refractivity contribution in [1.29, 1.82) is 0 Å². The van der Waals surface area contributed by atoms with Crippen LogP contribution in [0.3, 0.4) is 0 Å². The lowest BCUT2D eigenvalue weighted by atomic mass is 9.96. The minimum Gasteiger partial charge on any atom is -0.481 e. The molecule has 0 aliphatic carbocycles. The molecule has 2 unspecified atom stereocenters. The number of carboxylic acids is 3. The van der Waals surface area contributed by atoms with Crippen molar-refractivity contribution in [2.45, 2.75) is 108 Å². The molecule has 9 N–H and O–H groups in total. The normalized spacial score (nSPS) is 20.9. The second-order valence-corrected chi connectivity index (χ2v) is 20.1. The van der Waals surface area contributed by atoms with Gasteiger partial charge in [0, 0.05) is 65.7 Å². The highest BCUT2D eigenvalue weighted by atomic mass is 16.6. The highest BCUT2D eigenvalue weighted by Gasteiger charge is 2.46. The Morgan fingerprint density at radius 3 is 1.95 bits per heavy atom. The first-order valence-electron chi connectivity index (χ1n) is 26.0. The smallest absolute Gasteiger partial charge is 0.317 e. The van der Waals surface area contributed by atoms with Crippen LogP contribution in [-0.2, 0) is 83.3 Å². The third kappa shape index (κ3) is 16.5. The summed E-state index contributed by atoms with van der Waals surface area (Å²) in [5.41, 5.74) is 3.51. The summed E-state index contributed by atoms with van der Waals surface area (Å²) in [6.07, 6.45) is -1.68. The number of cyclic esters (lactones) is 1. The van der Waals surface area contributed by atoms with Gasteiger partial charge in [-0.3, -0.25) is 72.3 Å². The molecule has 0 aromatic heterocycles. The van der Waals surface area contributed by atoms with E-state index in [4.69, 9.17) is 4.74 Å². The lowest BCUT2D eigenvalue weighted by Gasteiger charge is -2.33. The molecule has 2 aromatic carbocycles. The molecule has 2 saturated heterocycles. The zero-order valence-electron chi connectivity index (χ0n) is 43.9. The van der Waals surface area contributed by atoms with Gasteiger partial charge in [0.15, 0.2) is 0 Å². The van der Waals surface area contributed by atoms with E-state index in [0.29, 0.717) is 69.9 Å². The number of esters is 1. The molecule has 4 aliphatic heterocycles. The van der Waals surface area contributed by atoms with Gasteiger partial charge in [-0.1, -0.05) is 62.7 Å². The lowest BCUT2D eigenvalue weighted by Crippen LogP contribution is -2.59.